The van der Waals surface area contributed by atoms with Crippen molar-refractivity contribution in [3.63, 3.8) is 0 Å². The maximum atomic E-state index is 4.33. The van der Waals surface area contributed by atoms with Crippen molar-refractivity contribution in [2.75, 3.05) is 5.32 Å². The first-order valence-corrected chi connectivity index (χ1v) is 6.09. The molecule has 0 aliphatic rings. The van der Waals surface area contributed by atoms with Crippen molar-refractivity contribution in [1.29, 1.82) is 0 Å². The molecule has 0 bridgehead atoms. The van der Waals surface area contributed by atoms with Gasteiger partial charge in [-0.25, -0.2) is 4.98 Å². The molecular weight excluding hydrogens is 210 g/mol. The minimum Gasteiger partial charge on any atom is -0.325 e. The van der Waals surface area contributed by atoms with E-state index in [1.165, 1.54) is 5.56 Å². The van der Waals surface area contributed by atoms with Gasteiger partial charge in [0.15, 0.2) is 0 Å². The summed E-state index contributed by atoms with van der Waals surface area (Å²) in [7, 11) is 0. The molecule has 3 heteroatoms. The molecule has 0 unspecified atom stereocenters. The predicted octanol–water partition coefficient (Wildman–Crippen LogP) is 3.77. The molecule has 1 aromatic heterocycles. The summed E-state index contributed by atoms with van der Waals surface area (Å²) in [5.41, 5.74) is 2.46. The molecule has 1 aromatic carbocycles. The average molecular weight is 229 g/mol. The van der Waals surface area contributed by atoms with E-state index in [1.807, 2.05) is 18.5 Å². The molecule has 90 valence electrons. The molecule has 2 aromatic rings. The largest absolute Gasteiger partial charge is 0.325 e. The summed E-state index contributed by atoms with van der Waals surface area (Å²) in [6, 6.07) is 8.39. The van der Waals surface area contributed by atoms with Crippen LogP contribution in [-0.2, 0) is 6.54 Å². The molecule has 0 atom stereocenters. The fraction of sp³-hybridized carbons (Fsp3) is 0.357. The maximum Gasteiger partial charge on any atom is 0.207 e. The quantitative estimate of drug-likeness (QED) is 0.864. The van der Waals surface area contributed by atoms with Gasteiger partial charge in [-0.2, -0.15) is 0 Å². The Morgan fingerprint density at radius 1 is 1.29 bits per heavy atom. The van der Waals surface area contributed by atoms with Crippen molar-refractivity contribution in [2.45, 2.75) is 33.2 Å². The Balaban J connectivity index is 2.30. The number of aromatic nitrogens is 2. The molecule has 3 nitrogen and oxygen atoms in total. The third kappa shape index (κ3) is 2.49. The van der Waals surface area contributed by atoms with Crippen LogP contribution in [0.25, 0.3) is 0 Å². The number of imidazole rings is 1. The number of nitrogens with zero attached hydrogens (tertiary/aromatic N) is 2. The van der Waals surface area contributed by atoms with Gasteiger partial charge in [-0.3, -0.25) is 0 Å². The summed E-state index contributed by atoms with van der Waals surface area (Å²) in [5, 5.41) is 3.41. The van der Waals surface area contributed by atoms with Crippen LogP contribution < -0.4 is 5.32 Å². The Labute approximate surface area is 103 Å². The normalized spacial score (nSPS) is 10.8. The van der Waals surface area contributed by atoms with Gasteiger partial charge in [0, 0.05) is 24.6 Å². The molecule has 1 heterocycles. The topological polar surface area (TPSA) is 29.9 Å². The number of hydrogen-bond donors (Lipinski definition) is 1. The summed E-state index contributed by atoms with van der Waals surface area (Å²) in [6.45, 7) is 7.44. The van der Waals surface area contributed by atoms with Gasteiger partial charge in [-0.15, -0.1) is 0 Å². The van der Waals surface area contributed by atoms with Crippen molar-refractivity contribution >= 4 is 11.6 Å². The minimum absolute atomic E-state index is 0.503. The lowest BCUT2D eigenvalue weighted by Crippen LogP contribution is -2.04. The van der Waals surface area contributed by atoms with Crippen LogP contribution in [0.2, 0.25) is 0 Å². The van der Waals surface area contributed by atoms with Crippen LogP contribution in [0.4, 0.5) is 11.6 Å². The third-order valence-corrected chi connectivity index (χ3v) is 2.89. The molecule has 17 heavy (non-hydrogen) atoms. The van der Waals surface area contributed by atoms with E-state index in [4.69, 9.17) is 0 Å². The second-order valence-electron chi connectivity index (χ2n) is 4.40. The van der Waals surface area contributed by atoms with E-state index in [-0.39, 0.29) is 0 Å². The van der Waals surface area contributed by atoms with E-state index in [9.17, 15) is 0 Å². The molecule has 0 aliphatic carbocycles. The molecule has 0 aliphatic heterocycles. The lowest BCUT2D eigenvalue weighted by Gasteiger charge is -2.14. The zero-order valence-corrected chi connectivity index (χ0v) is 10.6. The van der Waals surface area contributed by atoms with E-state index in [0.717, 1.165) is 18.2 Å². The van der Waals surface area contributed by atoms with E-state index >= 15 is 0 Å². The van der Waals surface area contributed by atoms with E-state index in [2.05, 4.69) is 53.8 Å². The molecule has 0 spiro atoms. The van der Waals surface area contributed by atoms with Gasteiger partial charge in [0.2, 0.25) is 5.95 Å². The van der Waals surface area contributed by atoms with Gasteiger partial charge in [-0.1, -0.05) is 32.0 Å². The second kappa shape index (κ2) is 5.04. The van der Waals surface area contributed by atoms with E-state index in [1.54, 1.807) is 0 Å². The Morgan fingerprint density at radius 3 is 2.76 bits per heavy atom. The predicted molar refractivity (Wildman–Crippen MR) is 71.7 cm³/mol. The maximum absolute atomic E-state index is 4.33. The van der Waals surface area contributed by atoms with Crippen molar-refractivity contribution < 1.29 is 0 Å². The summed E-state index contributed by atoms with van der Waals surface area (Å²) < 4.78 is 2.09. The second-order valence-corrected chi connectivity index (χ2v) is 4.40. The number of para-hydroxylation sites is 1. The number of rotatable bonds is 4. The highest BCUT2D eigenvalue weighted by Gasteiger charge is 2.08. The van der Waals surface area contributed by atoms with Crippen LogP contribution >= 0.6 is 0 Å². The Morgan fingerprint density at radius 2 is 2.06 bits per heavy atom. The van der Waals surface area contributed by atoms with Crippen LogP contribution in [0, 0.1) is 0 Å². The molecule has 0 radical (unpaired) electrons. The van der Waals surface area contributed by atoms with Crippen molar-refractivity contribution in [2.24, 2.45) is 0 Å². The zero-order valence-electron chi connectivity index (χ0n) is 10.6. The SMILES string of the molecule is CCn1ccnc1Nc1ccccc1C(C)C. The van der Waals surface area contributed by atoms with E-state index < -0.39 is 0 Å². The van der Waals surface area contributed by atoms with E-state index in [0.29, 0.717) is 5.92 Å². The molecule has 0 saturated heterocycles. The Kier molecular flexibility index (Phi) is 3.47. The van der Waals surface area contributed by atoms with Gasteiger partial charge in [0.05, 0.1) is 0 Å². The van der Waals surface area contributed by atoms with Gasteiger partial charge in [0.1, 0.15) is 0 Å². The van der Waals surface area contributed by atoms with Gasteiger partial charge >= 0.3 is 0 Å². The van der Waals surface area contributed by atoms with Crippen LogP contribution in [0.1, 0.15) is 32.3 Å². The summed E-state index contributed by atoms with van der Waals surface area (Å²) in [6.07, 6.45) is 3.81. The van der Waals surface area contributed by atoms with Gasteiger partial charge in [-0.05, 0) is 24.5 Å². The highest BCUT2D eigenvalue weighted by Crippen LogP contribution is 2.26. The Hall–Kier alpha value is -1.77. The fourth-order valence-electron chi connectivity index (χ4n) is 1.92. The molecule has 0 fully saturated rings. The highest BCUT2D eigenvalue weighted by atomic mass is 15.2. The van der Waals surface area contributed by atoms with Gasteiger partial charge in [0.25, 0.3) is 0 Å². The first-order chi connectivity index (χ1) is 8.22. The number of benzene rings is 1. The Bertz CT molecular complexity index is 486. The standard InChI is InChI=1S/C14H19N3/c1-4-17-10-9-15-14(17)16-13-8-6-5-7-12(13)11(2)3/h5-11H,4H2,1-3H3,(H,15,16). The minimum atomic E-state index is 0.503. The van der Waals surface area contributed by atoms with Crippen LogP contribution in [0.3, 0.4) is 0 Å². The summed E-state index contributed by atoms with van der Waals surface area (Å²) in [4.78, 5) is 4.33. The first kappa shape index (κ1) is 11.7. The molecule has 0 amide bonds. The van der Waals surface area contributed by atoms with Crippen molar-refractivity contribution in [3.8, 4) is 0 Å². The average Bonchev–Trinajstić information content (AvgIpc) is 2.77. The third-order valence-electron chi connectivity index (χ3n) is 2.89. The lowest BCUT2D eigenvalue weighted by atomic mass is 10.0. The van der Waals surface area contributed by atoms with Crippen molar-refractivity contribution in [1.82, 2.24) is 9.55 Å². The summed E-state index contributed by atoms with van der Waals surface area (Å²) in [5.74, 6) is 1.41. The molecule has 2 rings (SSSR count). The lowest BCUT2D eigenvalue weighted by molar-refractivity contribution is 0.771. The number of nitrogens with one attached hydrogen (secondary N) is 1. The number of hydrogen-bond acceptors (Lipinski definition) is 2. The molecule has 1 N–H and O–H groups in total. The van der Waals surface area contributed by atoms with Crippen LogP contribution in [-0.4, -0.2) is 9.55 Å². The monoisotopic (exact) mass is 229 g/mol. The number of anilines is 2. The number of aryl methyl sites for hydroxylation is 1. The smallest absolute Gasteiger partial charge is 0.207 e. The highest BCUT2D eigenvalue weighted by molar-refractivity contribution is 5.59. The van der Waals surface area contributed by atoms with Crippen LogP contribution in [0.5, 0.6) is 0 Å². The molecular formula is C14H19N3. The van der Waals surface area contributed by atoms with Crippen LogP contribution in [0.15, 0.2) is 36.7 Å². The first-order valence-electron chi connectivity index (χ1n) is 6.09. The zero-order chi connectivity index (χ0) is 12.3. The fourth-order valence-corrected chi connectivity index (χ4v) is 1.92. The summed E-state index contributed by atoms with van der Waals surface area (Å²) >= 11 is 0. The van der Waals surface area contributed by atoms with Crippen molar-refractivity contribution in [3.05, 3.63) is 42.2 Å². The van der Waals surface area contributed by atoms with Gasteiger partial charge < -0.3 is 9.88 Å². The molecule has 0 saturated carbocycles.